The number of likely N-dealkylation sites (tertiary alicyclic amines) is 1. The largest absolute Gasteiger partial charge is 0.344 e. The highest BCUT2D eigenvalue weighted by Crippen LogP contribution is 2.33. The second-order valence-corrected chi connectivity index (χ2v) is 3.05. The predicted octanol–water partition coefficient (Wildman–Crippen LogP) is -0.952. The van der Waals surface area contributed by atoms with E-state index in [0.717, 1.165) is 19.6 Å². The lowest BCUT2D eigenvalue weighted by atomic mass is 9.74. The monoisotopic (exact) mass is 126 g/mol. The fourth-order valence-electron chi connectivity index (χ4n) is 1.60. The van der Waals surface area contributed by atoms with E-state index >= 15 is 0 Å². The molecule has 9 heavy (non-hydrogen) atoms. The number of carbonyl (C=O) groups is 1. The lowest BCUT2D eigenvalue weighted by Crippen LogP contribution is -2.73. The minimum Gasteiger partial charge on any atom is -0.344 e. The molecule has 2 aliphatic rings. The molecule has 2 saturated heterocycles. The number of nitrogens with zero attached hydrogens (tertiary/aromatic N) is 1. The fourth-order valence-corrected chi connectivity index (χ4v) is 1.60. The standard InChI is InChI=1S/C6H10N2O/c1-8-4-6(5(8)9)2-7-3-6/h7H,2-4H2,1H3. The van der Waals surface area contributed by atoms with Crippen LogP contribution in [0.4, 0.5) is 0 Å². The van der Waals surface area contributed by atoms with E-state index < -0.39 is 0 Å². The molecule has 0 aromatic heterocycles. The minimum atomic E-state index is 0.0503. The summed E-state index contributed by atoms with van der Waals surface area (Å²) in [5.74, 6) is 0.321. The average Bonchev–Trinajstić information content (AvgIpc) is 1.77. The Hall–Kier alpha value is -0.570. The van der Waals surface area contributed by atoms with E-state index in [1.54, 1.807) is 4.90 Å². The van der Waals surface area contributed by atoms with Gasteiger partial charge in [-0.25, -0.2) is 0 Å². The van der Waals surface area contributed by atoms with E-state index in [-0.39, 0.29) is 5.41 Å². The Bertz CT molecular complexity index is 162. The Morgan fingerprint density at radius 1 is 1.67 bits per heavy atom. The van der Waals surface area contributed by atoms with E-state index in [9.17, 15) is 4.79 Å². The molecule has 2 aliphatic heterocycles. The molecule has 0 bridgehead atoms. The molecule has 50 valence electrons. The van der Waals surface area contributed by atoms with Gasteiger partial charge in [0.15, 0.2) is 0 Å². The Morgan fingerprint density at radius 3 is 2.44 bits per heavy atom. The summed E-state index contributed by atoms with van der Waals surface area (Å²) in [6.45, 7) is 2.76. The van der Waals surface area contributed by atoms with Gasteiger partial charge in [0.2, 0.25) is 5.91 Å². The fraction of sp³-hybridized carbons (Fsp3) is 0.833. The molecule has 2 rings (SSSR count). The van der Waals surface area contributed by atoms with Gasteiger partial charge in [0, 0.05) is 26.7 Å². The number of hydrogen-bond donors (Lipinski definition) is 1. The van der Waals surface area contributed by atoms with Crippen LogP contribution < -0.4 is 5.32 Å². The van der Waals surface area contributed by atoms with Gasteiger partial charge in [-0.3, -0.25) is 4.79 Å². The van der Waals surface area contributed by atoms with E-state index in [4.69, 9.17) is 0 Å². The van der Waals surface area contributed by atoms with Gasteiger partial charge >= 0.3 is 0 Å². The van der Waals surface area contributed by atoms with Gasteiger partial charge in [0.25, 0.3) is 0 Å². The van der Waals surface area contributed by atoms with Crippen molar-refractivity contribution in [3.05, 3.63) is 0 Å². The van der Waals surface area contributed by atoms with E-state index in [1.165, 1.54) is 0 Å². The topological polar surface area (TPSA) is 32.3 Å². The smallest absolute Gasteiger partial charge is 0.232 e. The predicted molar refractivity (Wildman–Crippen MR) is 32.9 cm³/mol. The first kappa shape index (κ1) is 5.23. The van der Waals surface area contributed by atoms with E-state index in [1.807, 2.05) is 7.05 Å². The van der Waals surface area contributed by atoms with Crippen LogP contribution in [-0.4, -0.2) is 37.5 Å². The number of nitrogens with one attached hydrogen (secondary N) is 1. The number of carbonyl (C=O) groups excluding carboxylic acids is 1. The molecule has 0 aromatic rings. The first-order valence-electron chi connectivity index (χ1n) is 3.21. The molecule has 0 aromatic carbocycles. The van der Waals surface area contributed by atoms with Crippen LogP contribution in [0, 0.1) is 5.41 Å². The third-order valence-corrected chi connectivity index (χ3v) is 2.27. The first-order chi connectivity index (χ1) is 4.25. The highest BCUT2D eigenvalue weighted by molar-refractivity contribution is 5.90. The van der Waals surface area contributed by atoms with Crippen molar-refractivity contribution in [2.75, 3.05) is 26.7 Å². The maximum atomic E-state index is 11.1. The van der Waals surface area contributed by atoms with Gasteiger partial charge in [-0.2, -0.15) is 0 Å². The SMILES string of the molecule is CN1CC2(CNC2)C1=O. The highest BCUT2D eigenvalue weighted by atomic mass is 16.2. The van der Waals surface area contributed by atoms with Crippen LogP contribution in [0.15, 0.2) is 0 Å². The summed E-state index contributed by atoms with van der Waals surface area (Å²) >= 11 is 0. The Balaban J connectivity index is 2.10. The lowest BCUT2D eigenvalue weighted by molar-refractivity contribution is -0.162. The van der Waals surface area contributed by atoms with Crippen LogP contribution in [0.25, 0.3) is 0 Å². The van der Waals surface area contributed by atoms with Gasteiger partial charge in [0.05, 0.1) is 5.41 Å². The molecule has 1 amide bonds. The zero-order chi connectivity index (χ0) is 6.48. The van der Waals surface area contributed by atoms with Crippen molar-refractivity contribution in [3.8, 4) is 0 Å². The van der Waals surface area contributed by atoms with Gasteiger partial charge in [-0.05, 0) is 0 Å². The normalized spacial score (nSPS) is 29.9. The molecule has 1 spiro atoms. The molecule has 0 aliphatic carbocycles. The minimum absolute atomic E-state index is 0.0503. The summed E-state index contributed by atoms with van der Waals surface area (Å²) in [4.78, 5) is 12.8. The second kappa shape index (κ2) is 1.29. The number of β-lactam (4-membered cyclic amide) rings is 1. The van der Waals surface area contributed by atoms with E-state index in [2.05, 4.69) is 5.32 Å². The van der Waals surface area contributed by atoms with Crippen molar-refractivity contribution in [1.82, 2.24) is 10.2 Å². The Labute approximate surface area is 54.0 Å². The van der Waals surface area contributed by atoms with Crippen molar-refractivity contribution in [2.45, 2.75) is 0 Å². The third kappa shape index (κ3) is 0.435. The van der Waals surface area contributed by atoms with E-state index in [0.29, 0.717) is 5.91 Å². The molecule has 0 atom stereocenters. The molecule has 1 N–H and O–H groups in total. The molecule has 0 saturated carbocycles. The summed E-state index contributed by atoms with van der Waals surface area (Å²) in [6.07, 6.45) is 0. The van der Waals surface area contributed by atoms with Crippen molar-refractivity contribution >= 4 is 5.91 Å². The number of amides is 1. The Morgan fingerprint density at radius 2 is 2.33 bits per heavy atom. The Kier molecular flexibility index (Phi) is 0.750. The second-order valence-electron chi connectivity index (χ2n) is 3.05. The molecule has 3 nitrogen and oxygen atoms in total. The number of rotatable bonds is 0. The van der Waals surface area contributed by atoms with Crippen molar-refractivity contribution < 1.29 is 4.79 Å². The molecule has 0 radical (unpaired) electrons. The molecule has 2 fully saturated rings. The van der Waals surface area contributed by atoms with Crippen molar-refractivity contribution in [2.24, 2.45) is 5.41 Å². The summed E-state index contributed by atoms with van der Waals surface area (Å²) < 4.78 is 0. The quantitative estimate of drug-likeness (QED) is 0.424. The zero-order valence-electron chi connectivity index (χ0n) is 5.48. The van der Waals surface area contributed by atoms with Crippen molar-refractivity contribution in [3.63, 3.8) is 0 Å². The first-order valence-corrected chi connectivity index (χ1v) is 3.21. The molecular weight excluding hydrogens is 116 g/mol. The van der Waals surface area contributed by atoms with Crippen molar-refractivity contribution in [1.29, 1.82) is 0 Å². The van der Waals surface area contributed by atoms with Crippen LogP contribution in [0.2, 0.25) is 0 Å². The lowest BCUT2D eigenvalue weighted by Gasteiger charge is -2.53. The molecule has 2 heterocycles. The summed E-state index contributed by atoms with van der Waals surface area (Å²) in [5.41, 5.74) is 0.0503. The summed E-state index contributed by atoms with van der Waals surface area (Å²) in [7, 11) is 1.85. The summed E-state index contributed by atoms with van der Waals surface area (Å²) in [5, 5.41) is 3.11. The average molecular weight is 126 g/mol. The van der Waals surface area contributed by atoms with Gasteiger partial charge < -0.3 is 10.2 Å². The maximum Gasteiger partial charge on any atom is 0.232 e. The van der Waals surface area contributed by atoms with Crippen LogP contribution in [-0.2, 0) is 4.79 Å². The van der Waals surface area contributed by atoms with Gasteiger partial charge in [-0.15, -0.1) is 0 Å². The van der Waals surface area contributed by atoms with Gasteiger partial charge in [0.1, 0.15) is 0 Å². The third-order valence-electron chi connectivity index (χ3n) is 2.27. The molecule has 0 unspecified atom stereocenters. The van der Waals surface area contributed by atoms with Crippen LogP contribution in [0.5, 0.6) is 0 Å². The molecule has 3 heteroatoms. The van der Waals surface area contributed by atoms with Crippen LogP contribution in [0.1, 0.15) is 0 Å². The van der Waals surface area contributed by atoms with Gasteiger partial charge in [-0.1, -0.05) is 0 Å². The highest BCUT2D eigenvalue weighted by Gasteiger charge is 2.54. The van der Waals surface area contributed by atoms with Crippen LogP contribution >= 0.6 is 0 Å². The zero-order valence-corrected chi connectivity index (χ0v) is 5.48. The van der Waals surface area contributed by atoms with Crippen LogP contribution in [0.3, 0.4) is 0 Å². The number of hydrogen-bond acceptors (Lipinski definition) is 2. The summed E-state index contributed by atoms with van der Waals surface area (Å²) in [6, 6.07) is 0. The molecular formula is C6H10N2O. The maximum absolute atomic E-state index is 11.1.